The van der Waals surface area contributed by atoms with Crippen molar-refractivity contribution in [1.29, 1.82) is 1.43 Å². The first-order chi connectivity index (χ1) is 21.7. The normalized spacial score (nSPS) is 19.0. The second-order valence-corrected chi connectivity index (χ2v) is 13.7. The number of aliphatic hydroxyl groups is 1. The highest BCUT2D eigenvalue weighted by atomic mass is 31.2. The molecule has 4 rings (SSSR count). The van der Waals surface area contributed by atoms with Gasteiger partial charge in [-0.3, -0.25) is 4.99 Å². The van der Waals surface area contributed by atoms with Gasteiger partial charge in [0.1, 0.15) is 0 Å². The highest BCUT2D eigenvalue weighted by molar-refractivity contribution is 7.46. The molecule has 236 valence electrons. The van der Waals surface area contributed by atoms with Crippen molar-refractivity contribution in [2.75, 3.05) is 44.4 Å². The van der Waals surface area contributed by atoms with E-state index < -0.39 is 8.38 Å². The van der Waals surface area contributed by atoms with Gasteiger partial charge < -0.3 is 19.1 Å². The first kappa shape index (κ1) is 32.3. The zero-order chi connectivity index (χ0) is 32.3. The Morgan fingerprint density at radius 2 is 1.73 bits per heavy atom. The van der Waals surface area contributed by atoms with Crippen LogP contribution in [0, 0.1) is 0 Å². The molecule has 2 aliphatic heterocycles. The van der Waals surface area contributed by atoms with Crippen LogP contribution in [0.3, 0.4) is 0 Å². The Morgan fingerprint density at radius 1 is 0.955 bits per heavy atom. The molecule has 0 aromatic heterocycles. The van der Waals surface area contributed by atoms with Crippen molar-refractivity contribution in [3.8, 4) is 0 Å². The van der Waals surface area contributed by atoms with Gasteiger partial charge in [0.15, 0.2) is 18.7 Å². The lowest BCUT2D eigenvalue weighted by atomic mass is 9.81. The zero-order valence-electron chi connectivity index (χ0n) is 28.5. The number of aliphatic hydroxyl groups excluding tert-OH is 1. The van der Waals surface area contributed by atoms with Gasteiger partial charge in [-0.15, -0.1) is 0 Å². The van der Waals surface area contributed by atoms with Crippen LogP contribution in [0.5, 0.6) is 0 Å². The van der Waals surface area contributed by atoms with Crippen LogP contribution in [0.1, 0.15) is 71.4 Å². The SMILES string of the molecule is [3H]OCCCCCN1C(=CC=CC=CC2=[N+](CCCOP(C)OC=NCC)c3ccccc3C2(C)C)C(C)(C)c2ccccc21. The number of nitrogens with zero attached hydrogens (tertiary/aromatic N) is 3. The molecule has 2 aromatic rings. The molecule has 0 saturated carbocycles. The van der Waals surface area contributed by atoms with Gasteiger partial charge in [-0.25, -0.2) is 0 Å². The Kier molecular flexibility index (Phi) is 11.6. The van der Waals surface area contributed by atoms with Gasteiger partial charge in [0.25, 0.3) is 0 Å². The molecule has 0 fully saturated rings. The van der Waals surface area contributed by atoms with E-state index in [-0.39, 0.29) is 10.8 Å². The summed E-state index contributed by atoms with van der Waals surface area (Å²) in [5.41, 5.74) is 7.71. The lowest BCUT2D eigenvalue weighted by Gasteiger charge is -2.27. The summed E-state index contributed by atoms with van der Waals surface area (Å²) < 4.78 is 20.9. The van der Waals surface area contributed by atoms with Gasteiger partial charge in [-0.05, 0) is 57.7 Å². The topological polar surface area (TPSA) is 57.3 Å². The fraction of sp³-hybridized carbons (Fsp3) is 0.459. The lowest BCUT2D eigenvalue weighted by molar-refractivity contribution is -0.438. The predicted molar refractivity (Wildman–Crippen MR) is 187 cm³/mol. The Balaban J connectivity index is 1.50. The standard InChI is InChI=1S/C37H51N3O3P/c1-7-38-29-43-44(6)42-28-18-26-40-33-22-15-13-20-31(33)37(4,5)35(40)24-11-8-10-23-34-36(2,3)30-19-12-14-21-32(30)39(34)25-16-9-17-27-41/h8,10-15,19-24,29,41H,7,9,16-18,25-28H2,1-6H3/q+1/i41T. The maximum absolute atomic E-state index is 6.94. The summed E-state index contributed by atoms with van der Waals surface area (Å²) in [5.74, 6) is 0. The monoisotopic (exact) mass is 618 g/mol. The van der Waals surface area contributed by atoms with Crippen molar-refractivity contribution >= 4 is 31.9 Å². The number of fused-ring (bicyclic) bond motifs is 2. The Bertz CT molecular complexity index is 1430. The fourth-order valence-electron chi connectivity index (χ4n) is 6.29. The van der Waals surface area contributed by atoms with E-state index in [0.717, 1.165) is 38.8 Å². The van der Waals surface area contributed by atoms with Crippen molar-refractivity contribution in [1.82, 2.24) is 0 Å². The Morgan fingerprint density at radius 3 is 2.52 bits per heavy atom. The quantitative estimate of drug-likeness (QED) is 0.0483. The molecule has 7 heteroatoms. The molecule has 44 heavy (non-hydrogen) atoms. The van der Waals surface area contributed by atoms with E-state index in [1.165, 1.54) is 40.3 Å². The number of unbranched alkanes of at least 4 members (excludes halogenated alkanes) is 2. The van der Waals surface area contributed by atoms with Gasteiger partial charge in [0.2, 0.25) is 15.5 Å². The summed E-state index contributed by atoms with van der Waals surface area (Å²) in [7, 11) is -0.967. The summed E-state index contributed by atoms with van der Waals surface area (Å²) in [6.07, 6.45) is 16.5. The molecule has 1 unspecified atom stereocenters. The number of aliphatic imine (C=N–C) groups is 1. The van der Waals surface area contributed by atoms with Gasteiger partial charge in [-0.2, -0.15) is 4.58 Å². The number of benzene rings is 2. The van der Waals surface area contributed by atoms with Gasteiger partial charge >= 0.3 is 0 Å². The van der Waals surface area contributed by atoms with E-state index in [1.807, 2.05) is 13.6 Å². The van der Waals surface area contributed by atoms with Crippen molar-refractivity contribution in [2.24, 2.45) is 4.99 Å². The molecule has 0 saturated heterocycles. The summed E-state index contributed by atoms with van der Waals surface area (Å²) in [6, 6.07) is 17.5. The van der Waals surface area contributed by atoms with E-state index in [1.54, 1.807) is 0 Å². The molecule has 2 aliphatic rings. The van der Waals surface area contributed by atoms with Crippen molar-refractivity contribution in [3.63, 3.8) is 0 Å². The fourth-order valence-corrected chi connectivity index (χ4v) is 6.94. The maximum Gasteiger partial charge on any atom is 0.228 e. The largest absolute Gasteiger partial charge is 0.437 e. The number of rotatable bonds is 17. The van der Waals surface area contributed by atoms with E-state index >= 15 is 0 Å². The second-order valence-electron chi connectivity index (χ2n) is 12.4. The van der Waals surface area contributed by atoms with Crippen LogP contribution in [0.4, 0.5) is 11.4 Å². The summed E-state index contributed by atoms with van der Waals surface area (Å²) in [5, 5.41) is 4.51. The number of para-hydroxylation sites is 2. The van der Waals surface area contributed by atoms with Gasteiger partial charge in [0.05, 0.1) is 12.0 Å². The first-order valence-corrected chi connectivity index (χ1v) is 17.6. The highest BCUT2D eigenvalue weighted by Gasteiger charge is 2.44. The minimum Gasteiger partial charge on any atom is -0.437 e. The van der Waals surface area contributed by atoms with Crippen LogP contribution in [0.25, 0.3) is 0 Å². The lowest BCUT2D eigenvalue weighted by Crippen LogP contribution is -2.28. The number of hydrogen-bond acceptors (Lipinski definition) is 5. The summed E-state index contributed by atoms with van der Waals surface area (Å²) in [4.78, 5) is 6.58. The molecular weight excluding hydrogens is 565 g/mol. The van der Waals surface area contributed by atoms with Crippen LogP contribution >= 0.6 is 8.38 Å². The van der Waals surface area contributed by atoms with Crippen LogP contribution in [0.2, 0.25) is 0 Å². The molecule has 2 aromatic carbocycles. The van der Waals surface area contributed by atoms with E-state index in [9.17, 15) is 0 Å². The molecule has 0 bridgehead atoms. The third-order valence-corrected chi connectivity index (χ3v) is 9.54. The average Bonchev–Trinajstić information content (AvgIpc) is 3.38. The summed E-state index contributed by atoms with van der Waals surface area (Å²) >= 11 is 0. The first-order valence-electron chi connectivity index (χ1n) is 16.4. The molecule has 6 nitrogen and oxygen atoms in total. The second kappa shape index (κ2) is 15.8. The Hall–Kier alpha value is -3.05. The average molecular weight is 619 g/mol. The molecular formula is C37H51N3O3P+. The van der Waals surface area contributed by atoms with Crippen LogP contribution < -0.4 is 4.90 Å². The molecule has 1 atom stereocenters. The molecule has 2 heterocycles. The summed E-state index contributed by atoms with van der Waals surface area (Å²) in [6.45, 7) is 16.9. The van der Waals surface area contributed by atoms with E-state index in [2.05, 4.69) is 126 Å². The molecule has 0 spiro atoms. The molecule has 1 N–H and O–H groups in total. The molecule has 0 aliphatic carbocycles. The highest BCUT2D eigenvalue weighted by Crippen LogP contribution is 2.47. The van der Waals surface area contributed by atoms with Gasteiger partial charge in [-0.1, -0.05) is 68.5 Å². The molecule has 0 amide bonds. The number of hydrogen-bond donors (Lipinski definition) is 1. The van der Waals surface area contributed by atoms with Crippen LogP contribution in [-0.4, -0.2) is 62.7 Å². The minimum absolute atomic E-state index is 0.0791. The predicted octanol–water partition coefficient (Wildman–Crippen LogP) is 8.43. The van der Waals surface area contributed by atoms with Crippen molar-refractivity contribution in [3.05, 3.63) is 95.7 Å². The number of allylic oxidation sites excluding steroid dienone is 6. The van der Waals surface area contributed by atoms with Gasteiger partial charge in [0, 0.05) is 67.3 Å². The van der Waals surface area contributed by atoms with Crippen molar-refractivity contribution in [2.45, 2.75) is 71.1 Å². The number of anilines is 1. The van der Waals surface area contributed by atoms with E-state index in [4.69, 9.17) is 10.5 Å². The third-order valence-electron chi connectivity index (χ3n) is 8.61. The molecule has 0 radical (unpaired) electrons. The third kappa shape index (κ3) is 7.77. The smallest absolute Gasteiger partial charge is 0.228 e. The Labute approximate surface area is 267 Å². The van der Waals surface area contributed by atoms with Crippen LogP contribution in [0.15, 0.2) is 89.6 Å². The van der Waals surface area contributed by atoms with E-state index in [0.29, 0.717) is 19.8 Å². The van der Waals surface area contributed by atoms with Crippen molar-refractivity contribution < 1.29 is 18.7 Å². The zero-order valence-corrected chi connectivity index (χ0v) is 28.4. The maximum atomic E-state index is 6.94. The minimum atomic E-state index is -0.967. The van der Waals surface area contributed by atoms with Crippen LogP contribution in [-0.2, 0) is 19.9 Å².